The summed E-state index contributed by atoms with van der Waals surface area (Å²) in [6, 6.07) is 15.5. The number of benzene rings is 2. The summed E-state index contributed by atoms with van der Waals surface area (Å²) < 4.78 is 13.5. The molecular weight excluding hydrogens is 422 g/mol. The van der Waals surface area contributed by atoms with Crippen LogP contribution >= 0.6 is 11.3 Å². The maximum absolute atomic E-state index is 12.9. The van der Waals surface area contributed by atoms with Crippen molar-refractivity contribution < 1.29 is 9.47 Å². The molecule has 1 aliphatic heterocycles. The second kappa shape index (κ2) is 8.96. The summed E-state index contributed by atoms with van der Waals surface area (Å²) >= 11 is 1.33. The second-order valence-electron chi connectivity index (χ2n) is 7.67. The van der Waals surface area contributed by atoms with E-state index in [1.165, 1.54) is 28.7 Å². The van der Waals surface area contributed by atoms with Gasteiger partial charge in [-0.3, -0.25) is 4.79 Å². The first kappa shape index (κ1) is 20.5. The molecule has 32 heavy (non-hydrogen) atoms. The lowest BCUT2D eigenvalue weighted by molar-refractivity contribution is 0.306. The third-order valence-corrected chi connectivity index (χ3v) is 6.24. The lowest BCUT2D eigenvalue weighted by Gasteiger charge is -2.15. The van der Waals surface area contributed by atoms with Gasteiger partial charge in [0, 0.05) is 11.1 Å². The number of rotatable bonds is 7. The molecule has 0 saturated carbocycles. The maximum atomic E-state index is 12.9. The summed E-state index contributed by atoms with van der Waals surface area (Å²) in [7, 11) is 0. The summed E-state index contributed by atoms with van der Waals surface area (Å²) in [5, 5.41) is 4.44. The molecular formula is C25H23N3O3S. The van der Waals surface area contributed by atoms with Gasteiger partial charge in [0.05, 0.1) is 11.1 Å². The van der Waals surface area contributed by atoms with Crippen LogP contribution in [0.1, 0.15) is 31.7 Å². The van der Waals surface area contributed by atoms with Crippen LogP contribution in [0.25, 0.3) is 28.5 Å². The van der Waals surface area contributed by atoms with E-state index >= 15 is 0 Å². The highest BCUT2D eigenvalue weighted by molar-refractivity contribution is 7.15. The van der Waals surface area contributed by atoms with E-state index in [1.54, 1.807) is 0 Å². The first-order valence-corrected chi connectivity index (χ1v) is 11.6. The molecule has 0 bridgehead atoms. The highest BCUT2D eigenvalue weighted by atomic mass is 32.1. The predicted octanol–water partition coefficient (Wildman–Crippen LogP) is 4.36. The van der Waals surface area contributed by atoms with E-state index in [9.17, 15) is 4.79 Å². The number of fused-ring (bicyclic) bond motifs is 2. The van der Waals surface area contributed by atoms with Crippen LogP contribution in [-0.4, -0.2) is 27.8 Å². The molecule has 0 atom stereocenters. The van der Waals surface area contributed by atoms with Crippen molar-refractivity contribution in [3.05, 3.63) is 74.6 Å². The van der Waals surface area contributed by atoms with Crippen molar-refractivity contribution in [2.24, 2.45) is 0 Å². The monoisotopic (exact) mass is 445 g/mol. The zero-order valence-electron chi connectivity index (χ0n) is 17.8. The number of ether oxygens (including phenoxy) is 2. The molecule has 6 nitrogen and oxygen atoms in total. The maximum Gasteiger partial charge on any atom is 0.291 e. The summed E-state index contributed by atoms with van der Waals surface area (Å²) in [4.78, 5) is 18.0. The standard InChI is InChI=1S/C25H23N3O3S/c1-2-3-6-13-30-20-11-9-18(10-12-20)23-26-25-28(27-23)24(29)22(32-25)15-17-14-19-7-4-5-8-21(19)31-16-17/h4-5,7-12,14-15H,2-3,6,13,16H2,1H3/b22-15+. The Bertz CT molecular complexity index is 1390. The molecule has 7 heteroatoms. The topological polar surface area (TPSA) is 65.7 Å². The van der Waals surface area contributed by atoms with Gasteiger partial charge < -0.3 is 9.47 Å². The Kier molecular flexibility index (Phi) is 5.73. The molecule has 0 aliphatic carbocycles. The Morgan fingerprint density at radius 1 is 1.16 bits per heavy atom. The van der Waals surface area contributed by atoms with Crippen molar-refractivity contribution in [1.82, 2.24) is 14.6 Å². The number of aromatic nitrogens is 3. The minimum absolute atomic E-state index is 0.167. The van der Waals surface area contributed by atoms with Crippen LogP contribution in [0.4, 0.5) is 0 Å². The molecule has 2 aromatic carbocycles. The lowest BCUT2D eigenvalue weighted by atomic mass is 10.1. The SMILES string of the molecule is CCCCCOc1ccc(-c2nc3s/c(=C/C4=Cc5ccccc5OC4)c(=O)n3n2)cc1. The zero-order chi connectivity index (χ0) is 21.9. The van der Waals surface area contributed by atoms with Crippen molar-refractivity contribution in [2.45, 2.75) is 26.2 Å². The minimum atomic E-state index is -0.167. The minimum Gasteiger partial charge on any atom is -0.494 e. The molecule has 0 spiro atoms. The van der Waals surface area contributed by atoms with E-state index in [4.69, 9.17) is 9.47 Å². The van der Waals surface area contributed by atoms with Gasteiger partial charge in [-0.2, -0.15) is 9.50 Å². The van der Waals surface area contributed by atoms with Gasteiger partial charge in [-0.05, 0) is 54.5 Å². The molecule has 0 radical (unpaired) electrons. The van der Waals surface area contributed by atoms with Crippen LogP contribution in [0.5, 0.6) is 11.5 Å². The van der Waals surface area contributed by atoms with E-state index in [0.717, 1.165) is 41.2 Å². The third kappa shape index (κ3) is 4.16. The van der Waals surface area contributed by atoms with Gasteiger partial charge in [-0.25, -0.2) is 0 Å². The fourth-order valence-electron chi connectivity index (χ4n) is 3.58. The predicted molar refractivity (Wildman–Crippen MR) is 127 cm³/mol. The Hall–Kier alpha value is -3.45. The number of unbranched alkanes of at least 4 members (excludes halogenated alkanes) is 2. The molecule has 2 aromatic heterocycles. The Morgan fingerprint density at radius 3 is 2.81 bits per heavy atom. The first-order valence-electron chi connectivity index (χ1n) is 10.8. The highest BCUT2D eigenvalue weighted by Gasteiger charge is 2.14. The molecule has 3 heterocycles. The molecule has 0 unspecified atom stereocenters. The molecule has 5 rings (SSSR count). The first-order chi connectivity index (χ1) is 15.7. The smallest absolute Gasteiger partial charge is 0.291 e. The van der Waals surface area contributed by atoms with E-state index in [0.29, 0.717) is 21.9 Å². The van der Waals surface area contributed by atoms with Crippen molar-refractivity contribution in [1.29, 1.82) is 0 Å². The Morgan fingerprint density at radius 2 is 2.00 bits per heavy atom. The average Bonchev–Trinajstić information content (AvgIpc) is 3.36. The van der Waals surface area contributed by atoms with Gasteiger partial charge in [0.1, 0.15) is 18.1 Å². The molecule has 0 fully saturated rings. The van der Waals surface area contributed by atoms with Gasteiger partial charge in [0.25, 0.3) is 5.56 Å². The van der Waals surface area contributed by atoms with Gasteiger partial charge >= 0.3 is 0 Å². The fraction of sp³-hybridized carbons (Fsp3) is 0.240. The van der Waals surface area contributed by atoms with Gasteiger partial charge in [-0.1, -0.05) is 49.3 Å². The molecule has 0 amide bonds. The van der Waals surface area contributed by atoms with E-state index < -0.39 is 0 Å². The van der Waals surface area contributed by atoms with Crippen LogP contribution in [0.3, 0.4) is 0 Å². The van der Waals surface area contributed by atoms with Gasteiger partial charge in [-0.15, -0.1) is 5.10 Å². The lowest BCUT2D eigenvalue weighted by Crippen LogP contribution is -2.24. The largest absolute Gasteiger partial charge is 0.494 e. The molecule has 4 aromatic rings. The van der Waals surface area contributed by atoms with Crippen LogP contribution in [0, 0.1) is 0 Å². The number of hydrogen-bond donors (Lipinski definition) is 0. The number of nitrogens with zero attached hydrogens (tertiary/aromatic N) is 3. The normalized spacial score (nSPS) is 13.7. The number of thiazole rings is 1. The van der Waals surface area contributed by atoms with Gasteiger partial charge in [0.15, 0.2) is 5.82 Å². The van der Waals surface area contributed by atoms with Crippen LogP contribution < -0.4 is 19.6 Å². The van der Waals surface area contributed by atoms with E-state index in [1.807, 2.05) is 60.7 Å². The molecule has 0 saturated heterocycles. The summed E-state index contributed by atoms with van der Waals surface area (Å²) in [5.74, 6) is 2.22. The Balaban J connectivity index is 1.37. The number of hydrogen-bond acceptors (Lipinski definition) is 6. The molecule has 1 aliphatic rings. The van der Waals surface area contributed by atoms with Crippen LogP contribution in [0.2, 0.25) is 0 Å². The van der Waals surface area contributed by atoms with Crippen LogP contribution in [0.15, 0.2) is 58.9 Å². The summed E-state index contributed by atoms with van der Waals surface area (Å²) in [6.07, 6.45) is 7.31. The van der Waals surface area contributed by atoms with E-state index in [-0.39, 0.29) is 5.56 Å². The fourth-order valence-corrected chi connectivity index (χ4v) is 4.51. The van der Waals surface area contributed by atoms with Crippen molar-refractivity contribution in [2.75, 3.05) is 13.2 Å². The van der Waals surface area contributed by atoms with Gasteiger partial charge in [0.2, 0.25) is 4.96 Å². The second-order valence-corrected chi connectivity index (χ2v) is 8.68. The Labute approximate surface area is 189 Å². The third-order valence-electron chi connectivity index (χ3n) is 5.28. The average molecular weight is 446 g/mol. The van der Waals surface area contributed by atoms with Crippen molar-refractivity contribution >= 4 is 28.4 Å². The van der Waals surface area contributed by atoms with E-state index in [2.05, 4.69) is 17.0 Å². The molecule has 162 valence electrons. The molecule has 0 N–H and O–H groups in total. The summed E-state index contributed by atoms with van der Waals surface area (Å²) in [5.41, 5.74) is 2.64. The highest BCUT2D eigenvalue weighted by Crippen LogP contribution is 2.26. The van der Waals surface area contributed by atoms with Crippen molar-refractivity contribution in [3.8, 4) is 22.9 Å². The quantitative estimate of drug-likeness (QED) is 0.396. The number of para-hydroxylation sites is 1. The van der Waals surface area contributed by atoms with Crippen molar-refractivity contribution in [3.63, 3.8) is 0 Å². The van der Waals surface area contributed by atoms with Crippen LogP contribution in [-0.2, 0) is 0 Å². The zero-order valence-corrected chi connectivity index (χ0v) is 18.6. The summed E-state index contributed by atoms with van der Waals surface area (Å²) in [6.45, 7) is 3.33.